The molecule has 0 aliphatic carbocycles. The Morgan fingerprint density at radius 3 is 2.54 bits per heavy atom. The molecule has 0 radical (unpaired) electrons. The van der Waals surface area contributed by atoms with Gasteiger partial charge in [-0.1, -0.05) is 6.08 Å². The van der Waals surface area contributed by atoms with Crippen LogP contribution in [0, 0.1) is 0 Å². The van der Waals surface area contributed by atoms with Gasteiger partial charge in [0.05, 0.1) is 17.0 Å². The minimum atomic E-state index is -3.29. The second-order valence-corrected chi connectivity index (χ2v) is 3.52. The van der Waals surface area contributed by atoms with Crippen LogP contribution < -0.4 is 5.11 Å². The van der Waals surface area contributed by atoms with Gasteiger partial charge in [0, 0.05) is 8.22 Å². The molecule has 1 rings (SSSR count). The van der Waals surface area contributed by atoms with Gasteiger partial charge < -0.3 is 15.1 Å². The van der Waals surface area contributed by atoms with Crippen molar-refractivity contribution in [3.8, 4) is 0 Å². The topological polar surface area (TPSA) is 63.6 Å². The number of rotatable bonds is 1. The fourth-order valence-corrected chi connectivity index (χ4v) is 1.27. The Labute approximate surface area is 85.9 Å². The maximum Gasteiger partial charge on any atom is 0.0691 e. The third-order valence-corrected chi connectivity index (χ3v) is 1.97. The molecule has 0 atom stereocenters. The Hall–Kier alpha value is -0.870. The summed E-state index contributed by atoms with van der Waals surface area (Å²) in [5.41, 5.74) is -5.43. The molecule has 1 aliphatic rings. The average molecular weight is 191 g/mol. The zero-order valence-electron chi connectivity index (χ0n) is 13.3. The van der Waals surface area contributed by atoms with Crippen molar-refractivity contribution >= 4 is 5.97 Å². The molecular formula is C9H14NO3-. The molecule has 0 saturated carbocycles. The standard InChI is InChI=1S/C9H15NO3/c1-8(2)5-6(7(11)12)9(3,4)10(8)13/h5,13H,1-4H3,(H,11,12)/p-1/i3D3,4D3,10+1. The van der Waals surface area contributed by atoms with Crippen molar-refractivity contribution in [2.75, 3.05) is 0 Å². The molecule has 4 heteroatoms. The first kappa shape index (κ1) is 4.57. The fourth-order valence-electron chi connectivity index (χ4n) is 1.27. The van der Waals surface area contributed by atoms with Crippen LogP contribution in [-0.4, -0.2) is 27.3 Å². The maximum absolute atomic E-state index is 11.1. The first-order chi connectivity index (χ1) is 8.19. The molecule has 0 fully saturated rings. The van der Waals surface area contributed by atoms with E-state index in [9.17, 15) is 15.1 Å². The van der Waals surface area contributed by atoms with Crippen LogP contribution in [0.5, 0.6) is 0 Å². The Bertz CT molecular complexity index is 422. The van der Waals surface area contributed by atoms with E-state index in [0.717, 1.165) is 6.08 Å². The highest BCUT2D eigenvalue weighted by Gasteiger charge is 2.45. The lowest BCUT2D eigenvalue weighted by Gasteiger charge is -2.36. The second-order valence-electron chi connectivity index (χ2n) is 3.52. The molecule has 1 N–H and O–H groups in total. The SMILES string of the molecule is [2H]C([2H])([2H])C1(C([2H])([2H])[2H])C(C(=O)[O-])=CC(C)(C)[15N]1O. The minimum absolute atomic E-state index is 0.0745. The van der Waals surface area contributed by atoms with Crippen molar-refractivity contribution in [2.24, 2.45) is 0 Å². The normalized spacial score (nSPS) is 34.5. The Balaban J connectivity index is 3.73. The molecule has 0 aromatic rings. The van der Waals surface area contributed by atoms with Crippen molar-refractivity contribution in [3.63, 3.8) is 0 Å². The first-order valence-corrected chi connectivity index (χ1v) is 3.63. The van der Waals surface area contributed by atoms with Crippen LogP contribution in [0.2, 0.25) is 0 Å². The van der Waals surface area contributed by atoms with E-state index < -0.39 is 36.3 Å². The molecule has 74 valence electrons. The summed E-state index contributed by atoms with van der Waals surface area (Å²) in [7, 11) is 0. The summed E-state index contributed by atoms with van der Waals surface area (Å²) in [4.78, 5) is 11.1. The predicted octanol–water partition coefficient (Wildman–Crippen LogP) is -0.0753. The van der Waals surface area contributed by atoms with E-state index in [0.29, 0.717) is 0 Å². The van der Waals surface area contributed by atoms with Gasteiger partial charge >= 0.3 is 0 Å². The number of hydrogen-bond acceptors (Lipinski definition) is 4. The summed E-state index contributed by atoms with van der Waals surface area (Å²) in [5, 5.41) is 21.2. The summed E-state index contributed by atoms with van der Waals surface area (Å²) in [6, 6.07) is 0. The van der Waals surface area contributed by atoms with Crippen LogP contribution in [0.4, 0.5) is 0 Å². The van der Waals surface area contributed by atoms with E-state index in [4.69, 9.17) is 8.22 Å². The van der Waals surface area contributed by atoms with E-state index in [2.05, 4.69) is 0 Å². The molecule has 0 bridgehead atoms. The van der Waals surface area contributed by atoms with Crippen molar-refractivity contribution in [1.29, 1.82) is 0 Å². The number of carboxylic acids is 1. The number of hydroxylamine groups is 2. The highest BCUT2D eigenvalue weighted by atomic mass is 16.8. The van der Waals surface area contributed by atoms with Gasteiger partial charge in [-0.05, 0) is 33.1 Å². The van der Waals surface area contributed by atoms with Gasteiger partial charge in [0.25, 0.3) is 0 Å². The van der Waals surface area contributed by atoms with Gasteiger partial charge in [-0.3, -0.25) is 0 Å². The van der Waals surface area contributed by atoms with Crippen LogP contribution >= 0.6 is 0 Å². The zero-order chi connectivity index (χ0) is 15.4. The molecule has 0 amide bonds. The molecule has 0 unspecified atom stereocenters. The number of carbonyl (C=O) groups excluding carboxylic acids is 1. The monoisotopic (exact) mass is 191 g/mol. The molecule has 0 saturated heterocycles. The number of hydrogen-bond donors (Lipinski definition) is 1. The average Bonchev–Trinajstić information content (AvgIpc) is 2.33. The molecule has 1 aliphatic heterocycles. The van der Waals surface area contributed by atoms with Crippen LogP contribution in [0.25, 0.3) is 0 Å². The zero-order valence-corrected chi connectivity index (χ0v) is 7.29. The minimum Gasteiger partial charge on any atom is -0.545 e. The quantitative estimate of drug-likeness (QED) is 0.589. The first-order valence-electron chi connectivity index (χ1n) is 6.63. The van der Waals surface area contributed by atoms with Crippen LogP contribution in [0.3, 0.4) is 0 Å². The summed E-state index contributed by atoms with van der Waals surface area (Å²) in [6.45, 7) is -3.97. The van der Waals surface area contributed by atoms with Gasteiger partial charge in [-0.2, -0.15) is 5.06 Å². The summed E-state index contributed by atoms with van der Waals surface area (Å²) in [6.07, 6.45) is 0.890. The highest BCUT2D eigenvalue weighted by molar-refractivity contribution is 5.88. The lowest BCUT2D eigenvalue weighted by Crippen LogP contribution is -2.49. The molecule has 0 aromatic heterocycles. The van der Waals surface area contributed by atoms with E-state index in [1.165, 1.54) is 13.8 Å². The Morgan fingerprint density at radius 1 is 1.69 bits per heavy atom. The lowest BCUT2D eigenvalue weighted by molar-refractivity contribution is -0.301. The van der Waals surface area contributed by atoms with Gasteiger partial charge in [-0.15, -0.1) is 0 Å². The highest BCUT2D eigenvalue weighted by Crippen LogP contribution is 2.37. The van der Waals surface area contributed by atoms with Crippen molar-refractivity contribution in [2.45, 2.75) is 38.6 Å². The molecule has 0 aromatic carbocycles. The van der Waals surface area contributed by atoms with E-state index in [-0.39, 0.29) is 5.06 Å². The van der Waals surface area contributed by atoms with Crippen LogP contribution in [-0.2, 0) is 4.79 Å². The summed E-state index contributed by atoms with van der Waals surface area (Å²) in [5.74, 6) is -1.93. The van der Waals surface area contributed by atoms with Gasteiger partial charge in [0.1, 0.15) is 0 Å². The van der Waals surface area contributed by atoms with E-state index in [1.54, 1.807) is 0 Å². The lowest BCUT2D eigenvalue weighted by atomic mass is 9.98. The van der Waals surface area contributed by atoms with Crippen molar-refractivity contribution < 1.29 is 23.3 Å². The van der Waals surface area contributed by atoms with Crippen LogP contribution in [0.1, 0.15) is 35.8 Å². The molecule has 0 spiro atoms. The Kier molecular flexibility index (Phi) is 0.900. The number of carbonyl (C=O) groups is 1. The summed E-state index contributed by atoms with van der Waals surface area (Å²) >= 11 is 0. The van der Waals surface area contributed by atoms with Crippen molar-refractivity contribution in [1.82, 2.24) is 5.06 Å². The third kappa shape index (κ3) is 1.36. The molecule has 1 heterocycles. The van der Waals surface area contributed by atoms with Gasteiger partial charge in [0.2, 0.25) is 0 Å². The molecular weight excluding hydrogens is 171 g/mol. The van der Waals surface area contributed by atoms with Crippen LogP contribution in [0.15, 0.2) is 11.6 Å². The fraction of sp³-hybridized carbons (Fsp3) is 0.667. The smallest absolute Gasteiger partial charge is 0.0691 e. The Morgan fingerprint density at radius 2 is 2.23 bits per heavy atom. The largest absolute Gasteiger partial charge is 0.545 e. The number of carboxylic acid groups (broad SMARTS) is 1. The maximum atomic E-state index is 11.1. The third-order valence-electron chi connectivity index (χ3n) is 1.97. The molecule has 13 heavy (non-hydrogen) atoms. The van der Waals surface area contributed by atoms with Gasteiger partial charge in [-0.25, -0.2) is 0 Å². The second kappa shape index (κ2) is 2.56. The number of aliphatic carboxylic acids is 1. The van der Waals surface area contributed by atoms with E-state index in [1.807, 2.05) is 0 Å². The summed E-state index contributed by atoms with van der Waals surface area (Å²) < 4.78 is 44.4. The van der Waals surface area contributed by atoms with Crippen molar-refractivity contribution in [3.05, 3.63) is 11.6 Å². The van der Waals surface area contributed by atoms with E-state index >= 15 is 0 Å². The predicted molar refractivity (Wildman–Crippen MR) is 44.9 cm³/mol. The molecule has 4 nitrogen and oxygen atoms in total. The van der Waals surface area contributed by atoms with Gasteiger partial charge in [0.15, 0.2) is 0 Å². The number of nitrogens with zero attached hydrogens (tertiary/aromatic N) is 1.